The molecule has 3 nitrogen and oxygen atoms in total. The summed E-state index contributed by atoms with van der Waals surface area (Å²) in [5.41, 5.74) is -0.204. The summed E-state index contributed by atoms with van der Waals surface area (Å²) in [5, 5.41) is 0. The highest BCUT2D eigenvalue weighted by atomic mass is 32.2. The third-order valence-corrected chi connectivity index (χ3v) is 5.20. The largest absolute Gasteiger partial charge is 0.417 e. The normalized spacial score (nSPS) is 18.2. The van der Waals surface area contributed by atoms with E-state index in [9.17, 15) is 21.6 Å². The van der Waals surface area contributed by atoms with Crippen LogP contribution in [0.15, 0.2) is 41.3 Å². The second-order valence-electron chi connectivity index (χ2n) is 4.65. The summed E-state index contributed by atoms with van der Waals surface area (Å²) in [6, 6.07) is 4.27. The molecule has 0 unspecified atom stereocenters. The molecule has 0 aromatic heterocycles. The third-order valence-electron chi connectivity index (χ3n) is 3.24. The Balaban J connectivity index is 2.43. The van der Waals surface area contributed by atoms with Gasteiger partial charge in [0.1, 0.15) is 0 Å². The lowest BCUT2D eigenvalue weighted by Crippen LogP contribution is -2.37. The Morgan fingerprint density at radius 2 is 1.65 bits per heavy atom. The van der Waals surface area contributed by atoms with E-state index in [1.807, 2.05) is 0 Å². The van der Waals surface area contributed by atoms with Crippen LogP contribution in [0.5, 0.6) is 0 Å². The predicted octanol–water partition coefficient (Wildman–Crippen LogP) is 3.05. The summed E-state index contributed by atoms with van der Waals surface area (Å²) in [5.74, 6) is 0. The van der Waals surface area contributed by atoms with E-state index in [0.717, 1.165) is 22.0 Å². The van der Waals surface area contributed by atoms with Crippen molar-refractivity contribution in [3.05, 3.63) is 42.0 Å². The van der Waals surface area contributed by atoms with E-state index in [1.54, 1.807) is 0 Å². The minimum Gasteiger partial charge on any atom is -0.207 e. The summed E-state index contributed by atoms with van der Waals surface area (Å²) in [4.78, 5) is -0.681. The molecule has 0 saturated carbocycles. The van der Waals surface area contributed by atoms with Gasteiger partial charge in [0.25, 0.3) is 0 Å². The second kappa shape index (κ2) is 5.21. The fourth-order valence-corrected chi connectivity index (χ4v) is 3.76. The van der Waals surface area contributed by atoms with Crippen LogP contribution in [0.25, 0.3) is 0 Å². The topological polar surface area (TPSA) is 37.4 Å². The van der Waals surface area contributed by atoms with Gasteiger partial charge in [-0.25, -0.2) is 8.42 Å². The van der Waals surface area contributed by atoms with E-state index in [-0.39, 0.29) is 13.1 Å². The molecule has 1 saturated heterocycles. The molecule has 0 atom stereocenters. The number of hydrogen-bond acceptors (Lipinski definition) is 2. The van der Waals surface area contributed by atoms with Gasteiger partial charge < -0.3 is 0 Å². The van der Waals surface area contributed by atoms with Crippen LogP contribution in [0, 0.1) is 0 Å². The van der Waals surface area contributed by atoms with E-state index in [1.165, 1.54) is 12.1 Å². The molecule has 1 heterocycles. The highest BCUT2D eigenvalue weighted by Gasteiger charge is 2.39. The standard InChI is InChI=1S/C13H14F3NO2S/c1-10-6-8-17(9-7-10)20(18,19)12-5-3-2-4-11(12)13(14,15)16/h2-5H,1,6-9H2. The van der Waals surface area contributed by atoms with Gasteiger partial charge in [0.05, 0.1) is 10.5 Å². The highest BCUT2D eigenvalue weighted by Crippen LogP contribution is 2.35. The number of piperidine rings is 1. The SMILES string of the molecule is C=C1CCN(S(=O)(=O)c2ccccc2C(F)(F)F)CC1. The highest BCUT2D eigenvalue weighted by molar-refractivity contribution is 7.89. The fourth-order valence-electron chi connectivity index (χ4n) is 2.11. The van der Waals surface area contributed by atoms with E-state index < -0.39 is 26.7 Å². The van der Waals surface area contributed by atoms with Crippen molar-refractivity contribution >= 4 is 10.0 Å². The fraction of sp³-hybridized carbons (Fsp3) is 0.385. The molecule has 1 aliphatic heterocycles. The minimum atomic E-state index is -4.69. The molecular weight excluding hydrogens is 291 g/mol. The Morgan fingerprint density at radius 3 is 2.20 bits per heavy atom. The van der Waals surface area contributed by atoms with Crippen molar-refractivity contribution in [2.75, 3.05) is 13.1 Å². The Kier molecular flexibility index (Phi) is 3.93. The Labute approximate surface area is 115 Å². The molecule has 7 heteroatoms. The van der Waals surface area contributed by atoms with Crippen LogP contribution in [0.1, 0.15) is 18.4 Å². The maximum Gasteiger partial charge on any atom is 0.417 e. The number of halogens is 3. The minimum absolute atomic E-state index is 0.174. The first kappa shape index (κ1) is 15.1. The summed E-state index contributed by atoms with van der Waals surface area (Å²) in [6.07, 6.45) is -3.73. The van der Waals surface area contributed by atoms with Gasteiger partial charge in [-0.1, -0.05) is 24.3 Å². The van der Waals surface area contributed by atoms with Gasteiger partial charge in [0.15, 0.2) is 0 Å². The maximum absolute atomic E-state index is 12.9. The Morgan fingerprint density at radius 1 is 1.10 bits per heavy atom. The van der Waals surface area contributed by atoms with E-state index in [4.69, 9.17) is 0 Å². The van der Waals surface area contributed by atoms with Crippen LogP contribution in [0.3, 0.4) is 0 Å². The molecule has 0 aliphatic carbocycles. The molecule has 0 N–H and O–H groups in total. The first-order valence-corrected chi connectivity index (χ1v) is 7.50. The second-order valence-corrected chi connectivity index (χ2v) is 6.55. The molecule has 110 valence electrons. The molecule has 0 bridgehead atoms. The first-order valence-electron chi connectivity index (χ1n) is 6.06. The van der Waals surface area contributed by atoms with Crippen molar-refractivity contribution in [2.24, 2.45) is 0 Å². The first-order chi connectivity index (χ1) is 9.23. The van der Waals surface area contributed by atoms with Crippen molar-refractivity contribution in [1.82, 2.24) is 4.31 Å². The smallest absolute Gasteiger partial charge is 0.207 e. The molecule has 20 heavy (non-hydrogen) atoms. The lowest BCUT2D eigenvalue weighted by Gasteiger charge is -2.28. The Hall–Kier alpha value is -1.34. The number of sulfonamides is 1. The van der Waals surface area contributed by atoms with Crippen molar-refractivity contribution in [1.29, 1.82) is 0 Å². The van der Waals surface area contributed by atoms with Crippen LogP contribution < -0.4 is 0 Å². The maximum atomic E-state index is 12.9. The van der Waals surface area contributed by atoms with Crippen molar-refractivity contribution in [3.63, 3.8) is 0 Å². The van der Waals surface area contributed by atoms with E-state index in [2.05, 4.69) is 6.58 Å². The summed E-state index contributed by atoms with van der Waals surface area (Å²) in [6.45, 7) is 4.11. The van der Waals surface area contributed by atoms with Gasteiger partial charge in [-0.15, -0.1) is 0 Å². The zero-order valence-electron chi connectivity index (χ0n) is 10.7. The van der Waals surface area contributed by atoms with Gasteiger partial charge in [-0.2, -0.15) is 17.5 Å². The van der Waals surface area contributed by atoms with Crippen LogP contribution in [-0.4, -0.2) is 25.8 Å². The molecule has 1 aliphatic rings. The lowest BCUT2D eigenvalue weighted by atomic mass is 10.1. The van der Waals surface area contributed by atoms with E-state index in [0.29, 0.717) is 12.8 Å². The van der Waals surface area contributed by atoms with Crippen LogP contribution in [-0.2, 0) is 16.2 Å². The van der Waals surface area contributed by atoms with Crippen LogP contribution >= 0.6 is 0 Å². The van der Waals surface area contributed by atoms with Crippen LogP contribution in [0.2, 0.25) is 0 Å². The van der Waals surface area contributed by atoms with Crippen molar-refractivity contribution < 1.29 is 21.6 Å². The van der Waals surface area contributed by atoms with Gasteiger partial charge in [-0.05, 0) is 25.0 Å². The average molecular weight is 305 g/mol. The summed E-state index contributed by atoms with van der Waals surface area (Å²) >= 11 is 0. The van der Waals surface area contributed by atoms with Crippen molar-refractivity contribution in [3.8, 4) is 0 Å². The average Bonchev–Trinajstić information content (AvgIpc) is 2.38. The lowest BCUT2D eigenvalue weighted by molar-refractivity contribution is -0.139. The zero-order chi connectivity index (χ0) is 15.0. The number of rotatable bonds is 2. The predicted molar refractivity (Wildman–Crippen MR) is 68.6 cm³/mol. The monoisotopic (exact) mass is 305 g/mol. The number of alkyl halides is 3. The van der Waals surface area contributed by atoms with Gasteiger partial charge in [0.2, 0.25) is 10.0 Å². The molecular formula is C13H14F3NO2S. The Bertz CT molecular complexity index is 613. The third kappa shape index (κ3) is 2.88. The van der Waals surface area contributed by atoms with Gasteiger partial charge >= 0.3 is 6.18 Å². The molecule has 1 aromatic carbocycles. The number of nitrogens with zero attached hydrogens (tertiary/aromatic N) is 1. The quantitative estimate of drug-likeness (QED) is 0.788. The number of hydrogen-bond donors (Lipinski definition) is 0. The van der Waals surface area contributed by atoms with Gasteiger partial charge in [-0.3, -0.25) is 0 Å². The molecule has 2 rings (SSSR count). The molecule has 1 aromatic rings. The molecule has 1 fully saturated rings. The van der Waals surface area contributed by atoms with Crippen molar-refractivity contribution in [2.45, 2.75) is 23.9 Å². The zero-order valence-corrected chi connectivity index (χ0v) is 11.5. The van der Waals surface area contributed by atoms with Crippen LogP contribution in [0.4, 0.5) is 13.2 Å². The summed E-state index contributed by atoms with van der Waals surface area (Å²) < 4.78 is 64.5. The molecule has 0 amide bonds. The van der Waals surface area contributed by atoms with E-state index >= 15 is 0 Å². The molecule has 0 spiro atoms. The van der Waals surface area contributed by atoms with Gasteiger partial charge in [0, 0.05) is 13.1 Å². The number of benzene rings is 1. The summed E-state index contributed by atoms with van der Waals surface area (Å²) in [7, 11) is -4.13. The molecule has 0 radical (unpaired) electrons.